The van der Waals surface area contributed by atoms with Crippen molar-refractivity contribution in [2.24, 2.45) is 5.10 Å². The second-order valence-corrected chi connectivity index (χ2v) is 7.04. The Morgan fingerprint density at radius 1 is 1.07 bits per heavy atom. The van der Waals surface area contributed by atoms with Crippen LogP contribution in [0.2, 0.25) is 10.0 Å². The number of hydrogen-bond donors (Lipinski definition) is 2. The Labute approximate surface area is 179 Å². The van der Waals surface area contributed by atoms with Crippen molar-refractivity contribution in [3.63, 3.8) is 0 Å². The molecule has 2 aromatic carbocycles. The number of nitrogens with zero attached hydrogens (tertiary/aromatic N) is 1. The number of benzene rings is 2. The van der Waals surface area contributed by atoms with E-state index in [1.165, 1.54) is 19.4 Å². The lowest BCUT2D eigenvalue weighted by atomic mass is 10.2. The average Bonchev–Trinajstić information content (AvgIpc) is 2.65. The maximum absolute atomic E-state index is 11.9. The number of hydrogen-bond acceptors (Lipinski definition) is 5. The quantitative estimate of drug-likeness (QED) is 0.366. The SMILES string of the molecule is COc1cc(C=NNC(=O)CC(=O)Nc2ccc(Cl)c(Cl)c2)ccc1OC(C)C. The Bertz CT molecular complexity index is 917. The molecule has 0 aliphatic carbocycles. The standard InChI is InChI=1S/C20H21Cl2N3O4/c1-12(2)29-17-7-4-13(8-18(17)28-3)11-23-25-20(27)10-19(26)24-14-5-6-15(21)16(22)9-14/h4-9,11-12H,10H2,1-3H3,(H,24,26)(H,25,27). The monoisotopic (exact) mass is 437 g/mol. The summed E-state index contributed by atoms with van der Waals surface area (Å²) in [7, 11) is 1.54. The minimum atomic E-state index is -0.564. The molecule has 0 aliphatic rings. The average molecular weight is 438 g/mol. The second-order valence-electron chi connectivity index (χ2n) is 6.22. The molecule has 154 valence electrons. The predicted molar refractivity (Wildman–Crippen MR) is 114 cm³/mol. The first-order chi connectivity index (χ1) is 13.8. The summed E-state index contributed by atoms with van der Waals surface area (Å²) in [6.07, 6.45) is 1.05. The molecule has 0 bridgehead atoms. The zero-order valence-electron chi connectivity index (χ0n) is 16.2. The molecule has 0 spiro atoms. The van der Waals surface area contributed by atoms with Crippen molar-refractivity contribution in [3.8, 4) is 11.5 Å². The number of rotatable bonds is 8. The molecule has 29 heavy (non-hydrogen) atoms. The fourth-order valence-corrected chi connectivity index (χ4v) is 2.56. The fraction of sp³-hybridized carbons (Fsp3) is 0.250. The van der Waals surface area contributed by atoms with Gasteiger partial charge in [0.25, 0.3) is 0 Å². The van der Waals surface area contributed by atoms with Crippen LogP contribution in [0.1, 0.15) is 25.8 Å². The molecule has 7 nitrogen and oxygen atoms in total. The maximum atomic E-state index is 11.9. The Kier molecular flexibility index (Phi) is 8.30. The highest BCUT2D eigenvalue weighted by molar-refractivity contribution is 6.42. The van der Waals surface area contributed by atoms with E-state index in [-0.39, 0.29) is 6.10 Å². The molecule has 0 unspecified atom stereocenters. The Balaban J connectivity index is 1.88. The van der Waals surface area contributed by atoms with E-state index in [1.807, 2.05) is 13.8 Å². The number of amides is 2. The minimum Gasteiger partial charge on any atom is -0.493 e. The Hall–Kier alpha value is -2.77. The molecule has 2 aromatic rings. The van der Waals surface area contributed by atoms with E-state index in [9.17, 15) is 9.59 Å². The third-order valence-corrected chi connectivity index (χ3v) is 4.22. The molecular weight excluding hydrogens is 417 g/mol. The second kappa shape index (κ2) is 10.7. The molecule has 0 aliphatic heterocycles. The lowest BCUT2D eigenvalue weighted by Gasteiger charge is -2.13. The summed E-state index contributed by atoms with van der Waals surface area (Å²) < 4.78 is 10.9. The summed E-state index contributed by atoms with van der Waals surface area (Å²) in [5.41, 5.74) is 3.44. The summed E-state index contributed by atoms with van der Waals surface area (Å²) in [4.78, 5) is 23.8. The highest BCUT2D eigenvalue weighted by atomic mass is 35.5. The van der Waals surface area contributed by atoms with Gasteiger partial charge in [0.15, 0.2) is 11.5 Å². The molecule has 0 saturated heterocycles. The van der Waals surface area contributed by atoms with Crippen LogP contribution < -0.4 is 20.2 Å². The molecule has 0 fully saturated rings. The number of carbonyl (C=O) groups is 2. The van der Waals surface area contributed by atoms with Gasteiger partial charge in [0.1, 0.15) is 6.42 Å². The molecule has 0 saturated carbocycles. The van der Waals surface area contributed by atoms with Gasteiger partial charge in [-0.1, -0.05) is 23.2 Å². The van der Waals surface area contributed by atoms with Crippen LogP contribution in [0, 0.1) is 0 Å². The number of ether oxygens (including phenoxy) is 2. The number of carbonyl (C=O) groups excluding carboxylic acids is 2. The Morgan fingerprint density at radius 3 is 2.48 bits per heavy atom. The first-order valence-corrected chi connectivity index (χ1v) is 9.45. The van der Waals surface area contributed by atoms with Gasteiger partial charge in [-0.15, -0.1) is 0 Å². The van der Waals surface area contributed by atoms with Gasteiger partial charge in [0, 0.05) is 5.69 Å². The normalized spacial score (nSPS) is 10.8. The highest BCUT2D eigenvalue weighted by Crippen LogP contribution is 2.28. The van der Waals surface area contributed by atoms with Gasteiger partial charge in [-0.05, 0) is 55.8 Å². The highest BCUT2D eigenvalue weighted by Gasteiger charge is 2.10. The lowest BCUT2D eigenvalue weighted by molar-refractivity contribution is -0.126. The van der Waals surface area contributed by atoms with E-state index in [0.717, 1.165) is 0 Å². The largest absolute Gasteiger partial charge is 0.493 e. The summed E-state index contributed by atoms with van der Waals surface area (Å²) in [6.45, 7) is 3.84. The maximum Gasteiger partial charge on any atom is 0.249 e. The minimum absolute atomic E-state index is 0.0118. The molecule has 0 radical (unpaired) electrons. The zero-order chi connectivity index (χ0) is 21.4. The zero-order valence-corrected chi connectivity index (χ0v) is 17.7. The number of anilines is 1. The number of halogens is 2. The number of hydrazone groups is 1. The van der Waals surface area contributed by atoms with Crippen molar-refractivity contribution < 1.29 is 19.1 Å². The van der Waals surface area contributed by atoms with Crippen LogP contribution in [0.3, 0.4) is 0 Å². The van der Waals surface area contributed by atoms with E-state index in [0.29, 0.717) is 32.8 Å². The van der Waals surface area contributed by atoms with Gasteiger partial charge in [0.2, 0.25) is 11.8 Å². The van der Waals surface area contributed by atoms with Crippen molar-refractivity contribution in [1.29, 1.82) is 0 Å². The molecule has 2 amide bonds. The van der Waals surface area contributed by atoms with E-state index in [1.54, 1.807) is 30.3 Å². The van der Waals surface area contributed by atoms with Crippen LogP contribution in [0.5, 0.6) is 11.5 Å². The van der Waals surface area contributed by atoms with Crippen LogP contribution >= 0.6 is 23.2 Å². The van der Waals surface area contributed by atoms with Gasteiger partial charge in [-0.2, -0.15) is 5.10 Å². The molecule has 0 aromatic heterocycles. The molecule has 2 rings (SSSR count). The van der Waals surface area contributed by atoms with Gasteiger partial charge < -0.3 is 14.8 Å². The summed E-state index contributed by atoms with van der Waals surface area (Å²) >= 11 is 11.7. The van der Waals surface area contributed by atoms with Crippen molar-refractivity contribution in [2.45, 2.75) is 26.4 Å². The van der Waals surface area contributed by atoms with E-state index in [2.05, 4.69) is 15.8 Å². The van der Waals surface area contributed by atoms with E-state index in [4.69, 9.17) is 32.7 Å². The summed E-state index contributed by atoms with van der Waals surface area (Å²) in [6, 6.07) is 9.89. The smallest absolute Gasteiger partial charge is 0.249 e. The van der Waals surface area contributed by atoms with Gasteiger partial charge in [0.05, 0.1) is 29.5 Å². The first-order valence-electron chi connectivity index (χ1n) is 8.70. The van der Waals surface area contributed by atoms with Gasteiger partial charge in [-0.3, -0.25) is 9.59 Å². The van der Waals surface area contributed by atoms with Gasteiger partial charge >= 0.3 is 0 Å². The molecule has 0 heterocycles. The number of nitrogens with one attached hydrogen (secondary N) is 2. The van der Waals surface area contributed by atoms with Crippen LogP contribution in [0.25, 0.3) is 0 Å². The number of methoxy groups -OCH3 is 1. The fourth-order valence-electron chi connectivity index (χ4n) is 2.26. The third-order valence-electron chi connectivity index (χ3n) is 3.48. The van der Waals surface area contributed by atoms with Crippen LogP contribution in [-0.4, -0.2) is 31.2 Å². The topological polar surface area (TPSA) is 89.0 Å². The predicted octanol–water partition coefficient (Wildman–Crippen LogP) is 4.27. The van der Waals surface area contributed by atoms with Crippen LogP contribution in [0.15, 0.2) is 41.5 Å². The van der Waals surface area contributed by atoms with Crippen molar-refractivity contribution in [3.05, 3.63) is 52.0 Å². The van der Waals surface area contributed by atoms with E-state index >= 15 is 0 Å². The van der Waals surface area contributed by atoms with Crippen molar-refractivity contribution in [1.82, 2.24) is 5.43 Å². The Morgan fingerprint density at radius 2 is 1.83 bits per heavy atom. The summed E-state index contributed by atoms with van der Waals surface area (Å²) in [5, 5.41) is 7.09. The van der Waals surface area contributed by atoms with Crippen LogP contribution in [0.4, 0.5) is 5.69 Å². The van der Waals surface area contributed by atoms with Crippen molar-refractivity contribution >= 4 is 46.9 Å². The van der Waals surface area contributed by atoms with Crippen LogP contribution in [-0.2, 0) is 9.59 Å². The van der Waals surface area contributed by atoms with E-state index < -0.39 is 18.2 Å². The molecule has 0 atom stereocenters. The first kappa shape index (κ1) is 22.5. The molecular formula is C20H21Cl2N3O4. The summed E-state index contributed by atoms with van der Waals surface area (Å²) in [5.74, 6) is 0.0936. The van der Waals surface area contributed by atoms with Crippen molar-refractivity contribution in [2.75, 3.05) is 12.4 Å². The van der Waals surface area contributed by atoms with Gasteiger partial charge in [-0.25, -0.2) is 5.43 Å². The third kappa shape index (κ3) is 7.29. The lowest BCUT2D eigenvalue weighted by Crippen LogP contribution is -2.24. The molecule has 9 heteroatoms. The molecule has 2 N–H and O–H groups in total.